The number of nitrogens with zero attached hydrogens (tertiary/aromatic N) is 5. The quantitative estimate of drug-likeness (QED) is 0.154. The fourth-order valence-electron chi connectivity index (χ4n) is 2.75. The lowest BCUT2D eigenvalue weighted by atomic mass is 10.2. The number of nitro benzene ring substituents is 1. The zero-order chi connectivity index (χ0) is 23.9. The lowest BCUT2D eigenvalue weighted by Crippen LogP contribution is -2.07. The molecule has 0 bridgehead atoms. The topological polar surface area (TPSA) is 130 Å². The van der Waals surface area contributed by atoms with Crippen LogP contribution < -0.4 is 16.1 Å². The van der Waals surface area contributed by atoms with Crippen LogP contribution in [0, 0.1) is 10.1 Å². The summed E-state index contributed by atoms with van der Waals surface area (Å²) in [6, 6.07) is 20.3. The van der Waals surface area contributed by atoms with Gasteiger partial charge in [-0.3, -0.25) is 10.1 Å². The van der Waals surface area contributed by atoms with Gasteiger partial charge in [-0.25, -0.2) is 5.43 Å². The normalized spacial score (nSPS) is 10.8. The lowest BCUT2D eigenvalue weighted by Gasteiger charge is -2.10. The second-order valence-corrected chi connectivity index (χ2v) is 7.61. The van der Waals surface area contributed by atoms with Gasteiger partial charge in [0.15, 0.2) is 0 Å². The number of rotatable bonds is 8. The molecule has 1 aromatic heterocycles. The second-order valence-electron chi connectivity index (χ2n) is 6.76. The molecule has 1 heterocycles. The van der Waals surface area contributed by atoms with Crippen LogP contribution in [-0.4, -0.2) is 26.1 Å². The Morgan fingerprint density at radius 2 is 1.44 bits per heavy atom. The third-order valence-electron chi connectivity index (χ3n) is 4.33. The molecule has 0 unspecified atom stereocenters. The molecule has 0 spiro atoms. The van der Waals surface area contributed by atoms with Crippen molar-refractivity contribution in [3.05, 3.63) is 98.5 Å². The van der Waals surface area contributed by atoms with Gasteiger partial charge in [-0.05, 0) is 36.4 Å². The summed E-state index contributed by atoms with van der Waals surface area (Å²) < 4.78 is 0. The summed E-state index contributed by atoms with van der Waals surface area (Å²) in [6.45, 7) is 0. The predicted octanol–water partition coefficient (Wildman–Crippen LogP) is 6.02. The Balaban J connectivity index is 1.58. The Morgan fingerprint density at radius 1 is 0.824 bits per heavy atom. The molecule has 3 N–H and O–H groups in total. The van der Waals surface area contributed by atoms with E-state index in [1.165, 1.54) is 18.3 Å². The van der Waals surface area contributed by atoms with Crippen molar-refractivity contribution in [2.45, 2.75) is 0 Å². The molecule has 170 valence electrons. The number of benzene rings is 3. The van der Waals surface area contributed by atoms with Crippen molar-refractivity contribution in [2.24, 2.45) is 5.10 Å². The van der Waals surface area contributed by atoms with Crippen LogP contribution in [0.2, 0.25) is 10.0 Å². The summed E-state index contributed by atoms with van der Waals surface area (Å²) in [5, 5.41) is 22.1. The van der Waals surface area contributed by atoms with Gasteiger partial charge in [0.25, 0.3) is 5.69 Å². The van der Waals surface area contributed by atoms with Crippen LogP contribution in [0.25, 0.3) is 0 Å². The number of aromatic nitrogens is 3. The summed E-state index contributed by atoms with van der Waals surface area (Å²) >= 11 is 12.1. The molecule has 10 nitrogen and oxygen atoms in total. The smallest absolute Gasteiger partial charge is 0.269 e. The van der Waals surface area contributed by atoms with Gasteiger partial charge in [0.1, 0.15) is 0 Å². The van der Waals surface area contributed by atoms with E-state index in [4.69, 9.17) is 23.2 Å². The number of halogens is 2. The van der Waals surface area contributed by atoms with Crippen LogP contribution in [0.15, 0.2) is 77.9 Å². The van der Waals surface area contributed by atoms with E-state index >= 15 is 0 Å². The maximum absolute atomic E-state index is 10.9. The van der Waals surface area contributed by atoms with Gasteiger partial charge >= 0.3 is 0 Å². The van der Waals surface area contributed by atoms with Gasteiger partial charge in [0.05, 0.1) is 16.2 Å². The van der Waals surface area contributed by atoms with E-state index in [1.807, 2.05) is 30.3 Å². The van der Waals surface area contributed by atoms with Crippen LogP contribution in [-0.2, 0) is 0 Å². The molecule has 0 atom stereocenters. The summed E-state index contributed by atoms with van der Waals surface area (Å²) in [5.74, 6) is 0.608. The molecular weight excluding hydrogens is 479 g/mol. The number of nitrogens with one attached hydrogen (secondary N) is 3. The zero-order valence-electron chi connectivity index (χ0n) is 17.3. The van der Waals surface area contributed by atoms with Crippen molar-refractivity contribution in [1.29, 1.82) is 0 Å². The van der Waals surface area contributed by atoms with Crippen LogP contribution >= 0.6 is 23.2 Å². The first kappa shape index (κ1) is 22.9. The number of hydrogen-bond donors (Lipinski definition) is 3. The van der Waals surface area contributed by atoms with Crippen molar-refractivity contribution < 1.29 is 4.92 Å². The number of anilines is 5. The standard InChI is InChI=1S/C22H16Cl2N8O2/c23-15-7-6-14(19(24)12-15)13-25-31-22-29-20(26-16-4-2-1-3-5-16)28-21(30-22)27-17-8-10-18(11-9-17)32(33)34/h1-13H,(H3,26,27,28,29,30,31). The maximum atomic E-state index is 10.9. The monoisotopic (exact) mass is 494 g/mol. The van der Waals surface area contributed by atoms with Crippen molar-refractivity contribution in [3.63, 3.8) is 0 Å². The third-order valence-corrected chi connectivity index (χ3v) is 4.89. The number of hydrogen-bond acceptors (Lipinski definition) is 9. The molecule has 0 aliphatic heterocycles. The zero-order valence-corrected chi connectivity index (χ0v) is 18.8. The Labute approximate surface area is 203 Å². The van der Waals surface area contributed by atoms with Crippen LogP contribution in [0.4, 0.5) is 34.9 Å². The Hall–Kier alpha value is -4.28. The first-order valence-electron chi connectivity index (χ1n) is 9.80. The van der Waals surface area contributed by atoms with Gasteiger partial charge in [0.2, 0.25) is 17.8 Å². The molecule has 0 saturated heterocycles. The van der Waals surface area contributed by atoms with Crippen LogP contribution in [0.1, 0.15) is 5.56 Å². The van der Waals surface area contributed by atoms with Gasteiger partial charge in [0, 0.05) is 34.1 Å². The van der Waals surface area contributed by atoms with E-state index < -0.39 is 4.92 Å². The molecule has 0 aliphatic rings. The van der Waals surface area contributed by atoms with Crippen molar-refractivity contribution in [2.75, 3.05) is 16.1 Å². The largest absolute Gasteiger partial charge is 0.324 e. The number of para-hydroxylation sites is 1. The summed E-state index contributed by atoms with van der Waals surface area (Å²) in [6.07, 6.45) is 1.51. The molecule has 0 amide bonds. The van der Waals surface area contributed by atoms with Gasteiger partial charge in [-0.2, -0.15) is 20.1 Å². The highest BCUT2D eigenvalue weighted by Gasteiger charge is 2.09. The van der Waals surface area contributed by atoms with Gasteiger partial charge in [-0.1, -0.05) is 47.5 Å². The average Bonchev–Trinajstić information content (AvgIpc) is 2.81. The van der Waals surface area contributed by atoms with E-state index in [0.717, 1.165) is 5.69 Å². The molecule has 0 aliphatic carbocycles. The summed E-state index contributed by atoms with van der Waals surface area (Å²) in [7, 11) is 0. The minimum atomic E-state index is -0.471. The highest BCUT2D eigenvalue weighted by Crippen LogP contribution is 2.22. The van der Waals surface area contributed by atoms with Gasteiger partial charge < -0.3 is 10.6 Å². The van der Waals surface area contributed by atoms with E-state index in [1.54, 1.807) is 30.3 Å². The average molecular weight is 495 g/mol. The molecule has 4 aromatic rings. The van der Waals surface area contributed by atoms with Gasteiger partial charge in [-0.15, -0.1) is 0 Å². The number of nitro groups is 1. The number of hydrazone groups is 1. The molecule has 0 radical (unpaired) electrons. The van der Waals surface area contributed by atoms with Crippen LogP contribution in [0.3, 0.4) is 0 Å². The minimum Gasteiger partial charge on any atom is -0.324 e. The van der Waals surface area contributed by atoms with Crippen molar-refractivity contribution >= 4 is 64.3 Å². The maximum Gasteiger partial charge on any atom is 0.269 e. The Morgan fingerprint density at radius 3 is 2.06 bits per heavy atom. The van der Waals surface area contributed by atoms with E-state index in [0.29, 0.717) is 21.3 Å². The Bertz CT molecular complexity index is 1330. The molecule has 0 saturated carbocycles. The highest BCUT2D eigenvalue weighted by molar-refractivity contribution is 6.36. The third kappa shape index (κ3) is 6.15. The van der Waals surface area contributed by atoms with Crippen molar-refractivity contribution in [1.82, 2.24) is 15.0 Å². The number of non-ortho nitro benzene ring substituents is 1. The highest BCUT2D eigenvalue weighted by atomic mass is 35.5. The first-order valence-corrected chi connectivity index (χ1v) is 10.6. The summed E-state index contributed by atoms with van der Waals surface area (Å²) in [4.78, 5) is 23.4. The van der Waals surface area contributed by atoms with E-state index in [2.05, 4.69) is 36.1 Å². The van der Waals surface area contributed by atoms with E-state index in [9.17, 15) is 10.1 Å². The SMILES string of the molecule is O=[N+]([O-])c1ccc(Nc2nc(NN=Cc3ccc(Cl)cc3Cl)nc(Nc3ccccc3)n2)cc1. The Kier molecular flexibility index (Phi) is 7.11. The minimum absolute atomic E-state index is 0.0230. The predicted molar refractivity (Wildman–Crippen MR) is 134 cm³/mol. The fraction of sp³-hybridized carbons (Fsp3) is 0. The lowest BCUT2D eigenvalue weighted by molar-refractivity contribution is -0.384. The van der Waals surface area contributed by atoms with Crippen LogP contribution in [0.5, 0.6) is 0 Å². The molecular formula is C22H16Cl2N8O2. The molecule has 12 heteroatoms. The van der Waals surface area contributed by atoms with E-state index in [-0.39, 0.29) is 23.5 Å². The molecule has 4 rings (SSSR count). The first-order chi connectivity index (χ1) is 16.5. The fourth-order valence-corrected chi connectivity index (χ4v) is 3.21. The second kappa shape index (κ2) is 10.6. The molecule has 0 fully saturated rings. The summed E-state index contributed by atoms with van der Waals surface area (Å²) in [5.41, 5.74) is 4.72. The molecule has 3 aromatic carbocycles. The molecule has 34 heavy (non-hydrogen) atoms. The van der Waals surface area contributed by atoms with Crippen molar-refractivity contribution in [3.8, 4) is 0 Å².